The Morgan fingerprint density at radius 2 is 2.20 bits per heavy atom. The number of benzene rings is 1. The molecule has 2 rings (SSSR count). The molecule has 15 heavy (non-hydrogen) atoms. The highest BCUT2D eigenvalue weighted by molar-refractivity contribution is 9.10. The van der Waals surface area contributed by atoms with Crippen molar-refractivity contribution in [2.24, 2.45) is 7.05 Å². The van der Waals surface area contributed by atoms with Crippen LogP contribution in [0.5, 0.6) is 0 Å². The summed E-state index contributed by atoms with van der Waals surface area (Å²) in [5, 5.41) is 11.5. The van der Waals surface area contributed by atoms with E-state index in [9.17, 15) is 10.1 Å². The highest BCUT2D eigenvalue weighted by Crippen LogP contribution is 2.23. The Kier molecular flexibility index (Phi) is 2.48. The van der Waals surface area contributed by atoms with Gasteiger partial charge in [0.1, 0.15) is 0 Å². The maximum Gasteiger partial charge on any atom is 0.243 e. The first-order valence-corrected chi connectivity index (χ1v) is 5.23. The van der Waals surface area contributed by atoms with Crippen LogP contribution in [0.25, 0.3) is 10.9 Å². The van der Waals surface area contributed by atoms with Gasteiger partial charge in [-0.3, -0.25) is 10.1 Å². The van der Waals surface area contributed by atoms with Gasteiger partial charge in [0.25, 0.3) is 0 Å². The fourth-order valence-corrected chi connectivity index (χ4v) is 1.99. The van der Waals surface area contributed by atoms with Crippen LogP contribution in [0, 0.1) is 10.1 Å². The summed E-state index contributed by atoms with van der Waals surface area (Å²) in [6, 6.07) is 7.69. The number of nitro groups is 1. The number of nitrogens with zero attached hydrogens (tertiary/aromatic N) is 2. The van der Waals surface area contributed by atoms with Crippen molar-refractivity contribution in [3.8, 4) is 0 Å². The van der Waals surface area contributed by atoms with Gasteiger partial charge in [-0.25, -0.2) is 0 Å². The van der Waals surface area contributed by atoms with E-state index in [2.05, 4.69) is 15.9 Å². The minimum absolute atomic E-state index is 0.136. The maximum absolute atomic E-state index is 10.4. The number of hydrogen-bond donors (Lipinski definition) is 0. The zero-order valence-electron chi connectivity index (χ0n) is 8.11. The third-order valence-corrected chi connectivity index (χ3v) is 2.89. The van der Waals surface area contributed by atoms with Gasteiger partial charge >= 0.3 is 0 Å². The van der Waals surface area contributed by atoms with Gasteiger partial charge in [-0.05, 0) is 18.2 Å². The largest absolute Gasteiger partial charge is 0.342 e. The molecule has 78 valence electrons. The Hall–Kier alpha value is -1.36. The molecule has 0 fully saturated rings. The first-order valence-electron chi connectivity index (χ1n) is 4.43. The van der Waals surface area contributed by atoms with Gasteiger partial charge < -0.3 is 4.57 Å². The molecule has 0 radical (unpaired) electrons. The third-order valence-electron chi connectivity index (χ3n) is 2.40. The van der Waals surface area contributed by atoms with E-state index in [-0.39, 0.29) is 11.5 Å². The monoisotopic (exact) mass is 268 g/mol. The van der Waals surface area contributed by atoms with E-state index in [1.165, 1.54) is 0 Å². The predicted octanol–water partition coefficient (Wildman–Crippen LogP) is 2.72. The molecule has 5 heteroatoms. The van der Waals surface area contributed by atoms with Gasteiger partial charge in [-0.15, -0.1) is 0 Å². The lowest BCUT2D eigenvalue weighted by Gasteiger charge is -1.99. The molecule has 1 aromatic carbocycles. The standard InChI is InChI=1S/C10H9BrN2O2/c1-12-9(6-13(14)15)4-7-2-3-8(11)5-10(7)12/h2-5H,6H2,1H3. The second kappa shape index (κ2) is 3.66. The highest BCUT2D eigenvalue weighted by atomic mass is 79.9. The molecule has 0 amide bonds. The lowest BCUT2D eigenvalue weighted by Crippen LogP contribution is -2.03. The van der Waals surface area contributed by atoms with Crippen LogP contribution >= 0.6 is 15.9 Å². The number of hydrogen-bond acceptors (Lipinski definition) is 2. The Balaban J connectivity index is 2.59. The summed E-state index contributed by atoms with van der Waals surface area (Å²) in [5.74, 6) is 0. The molecular formula is C10H9BrN2O2. The molecular weight excluding hydrogens is 260 g/mol. The average molecular weight is 269 g/mol. The summed E-state index contributed by atoms with van der Waals surface area (Å²) in [5.41, 5.74) is 1.72. The minimum atomic E-state index is -0.316. The first kappa shape index (κ1) is 10.2. The Morgan fingerprint density at radius 3 is 2.87 bits per heavy atom. The molecule has 0 N–H and O–H groups in total. The van der Waals surface area contributed by atoms with Crippen molar-refractivity contribution in [2.45, 2.75) is 6.54 Å². The van der Waals surface area contributed by atoms with Crippen LogP contribution < -0.4 is 0 Å². The van der Waals surface area contributed by atoms with E-state index >= 15 is 0 Å². The van der Waals surface area contributed by atoms with Crippen LogP contribution in [0.4, 0.5) is 0 Å². The van der Waals surface area contributed by atoms with Crippen LogP contribution in [0.15, 0.2) is 28.7 Å². The second-order valence-electron chi connectivity index (χ2n) is 3.39. The Morgan fingerprint density at radius 1 is 1.47 bits per heavy atom. The summed E-state index contributed by atoms with van der Waals surface area (Å²) in [6.07, 6.45) is 0. The SMILES string of the molecule is Cn1c(C[N+](=O)[O-])cc2ccc(Br)cc21. The van der Waals surface area contributed by atoms with E-state index in [4.69, 9.17) is 0 Å². The van der Waals surface area contributed by atoms with Crippen molar-refractivity contribution in [3.63, 3.8) is 0 Å². The van der Waals surface area contributed by atoms with Gasteiger partial charge in [-0.2, -0.15) is 0 Å². The number of rotatable bonds is 2. The molecule has 0 aliphatic heterocycles. The van der Waals surface area contributed by atoms with Crippen molar-refractivity contribution in [1.29, 1.82) is 0 Å². The second-order valence-corrected chi connectivity index (χ2v) is 4.30. The molecule has 0 saturated carbocycles. The molecule has 1 heterocycles. The normalized spacial score (nSPS) is 10.8. The van der Waals surface area contributed by atoms with E-state index in [1.54, 1.807) is 0 Å². The molecule has 0 atom stereocenters. The molecule has 0 aliphatic carbocycles. The lowest BCUT2D eigenvalue weighted by molar-refractivity contribution is -0.497. The third kappa shape index (κ3) is 1.87. The highest BCUT2D eigenvalue weighted by Gasteiger charge is 2.10. The molecule has 0 spiro atoms. The van der Waals surface area contributed by atoms with Crippen LogP contribution in [0.3, 0.4) is 0 Å². The fraction of sp³-hybridized carbons (Fsp3) is 0.200. The van der Waals surface area contributed by atoms with E-state index in [0.717, 1.165) is 15.4 Å². The first-order chi connectivity index (χ1) is 7.08. The van der Waals surface area contributed by atoms with Gasteiger partial charge in [-0.1, -0.05) is 22.0 Å². The Labute approximate surface area is 94.8 Å². The number of aromatic nitrogens is 1. The predicted molar refractivity (Wildman–Crippen MR) is 61.3 cm³/mol. The quantitative estimate of drug-likeness (QED) is 0.621. The van der Waals surface area contributed by atoms with Crippen molar-refractivity contribution in [2.75, 3.05) is 0 Å². The van der Waals surface area contributed by atoms with Crippen LogP contribution in [-0.2, 0) is 13.6 Å². The zero-order valence-corrected chi connectivity index (χ0v) is 9.69. The van der Waals surface area contributed by atoms with Crippen LogP contribution in [0.2, 0.25) is 0 Å². The van der Waals surface area contributed by atoms with E-state index in [1.807, 2.05) is 35.9 Å². The molecule has 0 aliphatic rings. The fourth-order valence-electron chi connectivity index (χ4n) is 1.64. The van der Waals surface area contributed by atoms with Crippen molar-refractivity contribution in [1.82, 2.24) is 4.57 Å². The van der Waals surface area contributed by atoms with Crippen molar-refractivity contribution >= 4 is 26.8 Å². The molecule has 2 aromatic rings. The number of fused-ring (bicyclic) bond motifs is 1. The minimum Gasteiger partial charge on any atom is -0.342 e. The molecule has 4 nitrogen and oxygen atoms in total. The smallest absolute Gasteiger partial charge is 0.243 e. The zero-order chi connectivity index (χ0) is 11.0. The molecule has 0 unspecified atom stereocenters. The molecule has 0 bridgehead atoms. The lowest BCUT2D eigenvalue weighted by atomic mass is 10.2. The summed E-state index contributed by atoms with van der Waals surface area (Å²) in [4.78, 5) is 10.1. The molecule has 0 saturated heterocycles. The van der Waals surface area contributed by atoms with Gasteiger partial charge in [0.2, 0.25) is 6.54 Å². The Bertz CT molecular complexity index is 533. The number of halogens is 1. The topological polar surface area (TPSA) is 48.1 Å². The average Bonchev–Trinajstić information content (AvgIpc) is 2.44. The van der Waals surface area contributed by atoms with Crippen molar-refractivity contribution < 1.29 is 4.92 Å². The summed E-state index contributed by atoms with van der Waals surface area (Å²) < 4.78 is 2.83. The molecule has 1 aromatic heterocycles. The van der Waals surface area contributed by atoms with Crippen LogP contribution in [-0.4, -0.2) is 9.49 Å². The van der Waals surface area contributed by atoms with Crippen LogP contribution in [0.1, 0.15) is 5.69 Å². The van der Waals surface area contributed by atoms with Gasteiger partial charge in [0, 0.05) is 27.3 Å². The van der Waals surface area contributed by atoms with Gasteiger partial charge in [0.15, 0.2) is 0 Å². The maximum atomic E-state index is 10.4. The van der Waals surface area contributed by atoms with Gasteiger partial charge in [0.05, 0.1) is 5.69 Å². The summed E-state index contributed by atoms with van der Waals surface area (Å²) in [7, 11) is 1.84. The number of aryl methyl sites for hydroxylation is 1. The summed E-state index contributed by atoms with van der Waals surface area (Å²) >= 11 is 3.38. The summed E-state index contributed by atoms with van der Waals surface area (Å²) in [6.45, 7) is -0.136. The van der Waals surface area contributed by atoms with E-state index in [0.29, 0.717) is 5.69 Å². The van der Waals surface area contributed by atoms with E-state index < -0.39 is 0 Å². The van der Waals surface area contributed by atoms with Crippen molar-refractivity contribution in [3.05, 3.63) is 44.5 Å².